The van der Waals surface area contributed by atoms with Crippen LogP contribution in [0.15, 0.2) is 60.9 Å². The number of carbonyl (C=O) groups excluding carboxylic acids is 1. The minimum absolute atomic E-state index is 0.0198. The van der Waals surface area contributed by atoms with Crippen molar-refractivity contribution in [2.45, 2.75) is 13.8 Å². The van der Waals surface area contributed by atoms with Crippen molar-refractivity contribution in [3.05, 3.63) is 66.6 Å². The fourth-order valence-corrected chi connectivity index (χ4v) is 4.51. The molecule has 0 bridgehead atoms. The fourth-order valence-electron chi connectivity index (χ4n) is 4.51. The molecular weight excluding hydrogens is 482 g/mol. The van der Waals surface area contributed by atoms with Crippen LogP contribution in [-0.2, 0) is 0 Å². The third-order valence-electron chi connectivity index (χ3n) is 6.54. The minimum atomic E-state index is -0.0198. The second-order valence-electron chi connectivity index (χ2n) is 8.88. The van der Waals surface area contributed by atoms with Crippen molar-refractivity contribution in [1.82, 2.24) is 30.0 Å². The Morgan fingerprint density at radius 2 is 1.76 bits per heavy atom. The molecule has 0 saturated carbocycles. The first-order valence-corrected chi connectivity index (χ1v) is 12.6. The number of benzene rings is 2. The number of ether oxygens (including phenoxy) is 2. The molecule has 0 radical (unpaired) electrons. The van der Waals surface area contributed by atoms with Crippen LogP contribution in [0.2, 0.25) is 0 Å². The third kappa shape index (κ3) is 4.40. The molecule has 4 heterocycles. The summed E-state index contributed by atoms with van der Waals surface area (Å²) < 4.78 is 11.7. The minimum Gasteiger partial charge on any atom is -0.482 e. The van der Waals surface area contributed by atoms with Crippen molar-refractivity contribution in [2.24, 2.45) is 0 Å². The summed E-state index contributed by atoms with van der Waals surface area (Å²) in [7, 11) is 0. The number of nitrogens with one attached hydrogen (secondary N) is 3. The SMILES string of the molecule is CCN(CC)C(=O)c1cc2ccc(-c3nc(Nc4ccc(-c5cn[nH]c5)cc4)c4c(n3)OCCO4)cc2[nH]1. The highest BCUT2D eigenvalue weighted by Crippen LogP contribution is 2.38. The van der Waals surface area contributed by atoms with E-state index < -0.39 is 0 Å². The highest BCUT2D eigenvalue weighted by atomic mass is 16.6. The van der Waals surface area contributed by atoms with E-state index in [2.05, 4.69) is 25.5 Å². The molecule has 1 aliphatic rings. The second kappa shape index (κ2) is 9.89. The molecule has 0 atom stereocenters. The Kier molecular flexibility index (Phi) is 6.12. The maximum atomic E-state index is 12.8. The van der Waals surface area contributed by atoms with Crippen LogP contribution in [0.5, 0.6) is 11.6 Å². The van der Waals surface area contributed by atoms with Gasteiger partial charge in [0.15, 0.2) is 11.6 Å². The topological polar surface area (TPSA) is 121 Å². The number of aromatic nitrogens is 5. The highest BCUT2D eigenvalue weighted by molar-refractivity contribution is 5.98. The van der Waals surface area contributed by atoms with Crippen LogP contribution in [0.25, 0.3) is 33.4 Å². The number of amides is 1. The van der Waals surface area contributed by atoms with E-state index in [-0.39, 0.29) is 5.91 Å². The second-order valence-corrected chi connectivity index (χ2v) is 8.88. The zero-order valence-electron chi connectivity index (χ0n) is 21.1. The zero-order chi connectivity index (χ0) is 26.1. The van der Waals surface area contributed by atoms with Gasteiger partial charge in [-0.15, -0.1) is 0 Å². The van der Waals surface area contributed by atoms with E-state index >= 15 is 0 Å². The van der Waals surface area contributed by atoms with Gasteiger partial charge in [0.25, 0.3) is 11.8 Å². The lowest BCUT2D eigenvalue weighted by Gasteiger charge is -2.21. The molecule has 0 fully saturated rings. The summed E-state index contributed by atoms with van der Waals surface area (Å²) >= 11 is 0. The van der Waals surface area contributed by atoms with Crippen molar-refractivity contribution >= 4 is 28.3 Å². The van der Waals surface area contributed by atoms with Crippen LogP contribution >= 0.6 is 0 Å². The van der Waals surface area contributed by atoms with E-state index in [1.165, 1.54) is 0 Å². The van der Waals surface area contributed by atoms with E-state index in [4.69, 9.17) is 14.5 Å². The lowest BCUT2D eigenvalue weighted by Crippen LogP contribution is -2.30. The average Bonchev–Trinajstić information content (AvgIpc) is 3.64. The smallest absolute Gasteiger partial charge is 0.270 e. The molecule has 0 aliphatic carbocycles. The summed E-state index contributed by atoms with van der Waals surface area (Å²) in [4.78, 5) is 27.3. The van der Waals surface area contributed by atoms with Crippen LogP contribution in [0.3, 0.4) is 0 Å². The van der Waals surface area contributed by atoms with Gasteiger partial charge in [0, 0.05) is 47.0 Å². The van der Waals surface area contributed by atoms with Crippen molar-refractivity contribution in [3.63, 3.8) is 0 Å². The van der Waals surface area contributed by atoms with E-state index in [1.54, 1.807) is 11.1 Å². The number of rotatable bonds is 7. The van der Waals surface area contributed by atoms with Crippen molar-refractivity contribution in [1.29, 1.82) is 0 Å². The number of fused-ring (bicyclic) bond motifs is 2. The molecule has 3 aromatic heterocycles. The van der Waals surface area contributed by atoms with Crippen LogP contribution in [-0.4, -0.2) is 62.3 Å². The summed E-state index contributed by atoms with van der Waals surface area (Å²) in [6, 6.07) is 15.7. The zero-order valence-corrected chi connectivity index (χ0v) is 21.1. The lowest BCUT2D eigenvalue weighted by molar-refractivity contribution is 0.0768. The number of anilines is 2. The quantitative estimate of drug-likeness (QED) is 0.282. The van der Waals surface area contributed by atoms with Gasteiger partial charge < -0.3 is 24.7 Å². The molecular formula is C28H27N7O3. The molecule has 6 rings (SSSR count). The van der Waals surface area contributed by atoms with Gasteiger partial charge in [-0.25, -0.2) is 4.98 Å². The predicted octanol–water partition coefficient (Wildman–Crippen LogP) is 5.01. The van der Waals surface area contributed by atoms with Gasteiger partial charge >= 0.3 is 0 Å². The Hall–Kier alpha value is -4.86. The van der Waals surface area contributed by atoms with Gasteiger partial charge in [-0.05, 0) is 43.7 Å². The van der Waals surface area contributed by atoms with Gasteiger partial charge in [-0.3, -0.25) is 9.89 Å². The van der Waals surface area contributed by atoms with E-state index in [9.17, 15) is 4.79 Å². The van der Waals surface area contributed by atoms with Gasteiger partial charge in [0.1, 0.15) is 18.9 Å². The van der Waals surface area contributed by atoms with Crippen LogP contribution in [0.1, 0.15) is 24.3 Å². The number of H-pyrrole nitrogens is 2. The van der Waals surface area contributed by atoms with E-state index in [0.29, 0.717) is 55.3 Å². The number of hydrogen-bond donors (Lipinski definition) is 3. The Morgan fingerprint density at radius 1 is 0.974 bits per heavy atom. The first kappa shape index (κ1) is 23.5. The molecule has 10 nitrogen and oxygen atoms in total. The number of carbonyl (C=O) groups is 1. The monoisotopic (exact) mass is 509 g/mol. The summed E-state index contributed by atoms with van der Waals surface area (Å²) in [5.74, 6) is 1.85. The molecule has 10 heteroatoms. The average molecular weight is 510 g/mol. The normalized spacial score (nSPS) is 12.5. The molecule has 0 unspecified atom stereocenters. The number of nitrogens with zero attached hydrogens (tertiary/aromatic N) is 4. The van der Waals surface area contributed by atoms with E-state index in [0.717, 1.165) is 33.3 Å². The molecule has 1 aliphatic heterocycles. The summed E-state index contributed by atoms with van der Waals surface area (Å²) in [6.45, 7) is 6.09. The molecule has 1 amide bonds. The maximum Gasteiger partial charge on any atom is 0.270 e. The van der Waals surface area contributed by atoms with Gasteiger partial charge in [0.05, 0.1) is 6.20 Å². The number of hydrogen-bond acceptors (Lipinski definition) is 7. The Labute approximate surface area is 219 Å². The predicted molar refractivity (Wildman–Crippen MR) is 145 cm³/mol. The van der Waals surface area contributed by atoms with Crippen LogP contribution in [0.4, 0.5) is 11.5 Å². The molecule has 192 valence electrons. The molecule has 5 aromatic rings. The summed E-state index contributed by atoms with van der Waals surface area (Å²) in [5, 5.41) is 11.1. The molecule has 3 N–H and O–H groups in total. The Bertz CT molecular complexity index is 1590. The maximum absolute atomic E-state index is 12.8. The van der Waals surface area contributed by atoms with Crippen molar-refractivity contribution in [3.8, 4) is 34.1 Å². The molecule has 38 heavy (non-hydrogen) atoms. The first-order chi connectivity index (χ1) is 18.6. The Balaban J connectivity index is 1.33. The molecule has 0 spiro atoms. The van der Waals surface area contributed by atoms with Crippen LogP contribution < -0.4 is 14.8 Å². The van der Waals surface area contributed by atoms with E-state index in [1.807, 2.05) is 68.6 Å². The Morgan fingerprint density at radius 3 is 2.53 bits per heavy atom. The fraction of sp³-hybridized carbons (Fsp3) is 0.214. The standard InChI is InChI=1S/C28H27N7O3/c1-3-35(4-2)28(36)23-13-18-5-6-19(14-22(18)32-23)25-33-26(24-27(34-25)38-12-11-37-24)31-21-9-7-17(8-10-21)20-15-29-30-16-20/h5-10,13-16,32H,3-4,11-12H2,1-2H3,(H,29,30)(H,31,33,34). The van der Waals surface area contributed by atoms with Gasteiger partial charge in [-0.1, -0.05) is 24.3 Å². The van der Waals surface area contributed by atoms with Gasteiger partial charge in [-0.2, -0.15) is 10.1 Å². The van der Waals surface area contributed by atoms with Crippen molar-refractivity contribution in [2.75, 3.05) is 31.6 Å². The van der Waals surface area contributed by atoms with Crippen molar-refractivity contribution < 1.29 is 14.3 Å². The lowest BCUT2D eigenvalue weighted by atomic mass is 10.1. The first-order valence-electron chi connectivity index (χ1n) is 12.6. The molecule has 0 saturated heterocycles. The summed E-state index contributed by atoms with van der Waals surface area (Å²) in [6.07, 6.45) is 3.63. The largest absolute Gasteiger partial charge is 0.482 e. The third-order valence-corrected chi connectivity index (χ3v) is 6.54. The van der Waals surface area contributed by atoms with Crippen LogP contribution in [0, 0.1) is 0 Å². The molecule has 2 aromatic carbocycles. The number of aromatic amines is 2. The summed E-state index contributed by atoms with van der Waals surface area (Å²) in [5.41, 5.74) is 5.09. The highest BCUT2D eigenvalue weighted by Gasteiger charge is 2.23. The van der Waals surface area contributed by atoms with Gasteiger partial charge in [0.2, 0.25) is 5.75 Å².